The van der Waals surface area contributed by atoms with Crippen LogP contribution in [0, 0.1) is 5.92 Å². The average molecular weight is 378 g/mol. The van der Waals surface area contributed by atoms with Gasteiger partial charge >= 0.3 is 23.9 Å². The smallest absolute Gasteiger partial charge is 0.408 e. The van der Waals surface area contributed by atoms with Gasteiger partial charge in [-0.1, -0.05) is 37.3 Å². The van der Waals surface area contributed by atoms with Gasteiger partial charge in [0.2, 0.25) is 6.10 Å². The number of hydrogen-bond acceptors (Lipinski definition) is 8. The van der Waals surface area contributed by atoms with E-state index in [4.69, 9.17) is 19.1 Å². The molecule has 2 aliphatic rings. The van der Waals surface area contributed by atoms with Gasteiger partial charge in [0.05, 0.1) is 5.92 Å². The van der Waals surface area contributed by atoms with E-state index in [9.17, 15) is 19.2 Å². The van der Waals surface area contributed by atoms with Gasteiger partial charge in [0.25, 0.3) is 0 Å². The van der Waals surface area contributed by atoms with Gasteiger partial charge in [-0.15, -0.1) is 0 Å². The Bertz CT molecular complexity index is 738. The Kier molecular flexibility index (Phi) is 5.55. The lowest BCUT2D eigenvalue weighted by Crippen LogP contribution is -2.43. The molecule has 0 aromatic heterocycles. The quantitative estimate of drug-likeness (QED) is 0.734. The number of hydroxylamine groups is 2. The number of cyclic esters (lactones) is 1. The number of carbonyl (C=O) groups excluding carboxylic acids is 4. The monoisotopic (exact) mass is 378 g/mol. The van der Waals surface area contributed by atoms with Crippen molar-refractivity contribution < 1.29 is 38.3 Å². The molecular weight excluding hydrogens is 360 g/mol. The molecule has 2 fully saturated rings. The summed E-state index contributed by atoms with van der Waals surface area (Å²) in [6.07, 6.45) is -1.74. The summed E-state index contributed by atoms with van der Waals surface area (Å²) in [6, 6.07) is 7.95. The summed E-state index contributed by atoms with van der Waals surface area (Å²) in [5.74, 6) is -2.64. The van der Waals surface area contributed by atoms with Crippen molar-refractivity contribution in [3.05, 3.63) is 35.9 Å². The molecule has 2 aliphatic heterocycles. The zero-order valence-corrected chi connectivity index (χ0v) is 14.5. The molecule has 10 heteroatoms. The summed E-state index contributed by atoms with van der Waals surface area (Å²) in [5.41, 5.74) is 0.789. The minimum Gasteiger partial charge on any atom is -0.450 e. The summed E-state index contributed by atoms with van der Waals surface area (Å²) in [6.45, 7) is 1.43. The van der Waals surface area contributed by atoms with Crippen LogP contribution in [0.25, 0.3) is 0 Å². The maximum Gasteiger partial charge on any atom is 0.408 e. The number of nitrogens with one attached hydrogen (secondary N) is 1. The van der Waals surface area contributed by atoms with E-state index in [1.54, 1.807) is 31.2 Å². The third kappa shape index (κ3) is 4.53. The van der Waals surface area contributed by atoms with Gasteiger partial charge in [0.15, 0.2) is 0 Å². The van der Waals surface area contributed by atoms with Crippen LogP contribution in [-0.4, -0.2) is 47.9 Å². The third-order valence-corrected chi connectivity index (χ3v) is 4.01. The second-order valence-electron chi connectivity index (χ2n) is 6.12. The lowest BCUT2D eigenvalue weighted by molar-refractivity contribution is -0.306. The molecule has 2 heterocycles. The molecule has 0 spiro atoms. The largest absolute Gasteiger partial charge is 0.450 e. The van der Waals surface area contributed by atoms with E-state index in [0.717, 1.165) is 5.56 Å². The Labute approximate surface area is 154 Å². The number of esters is 1. The van der Waals surface area contributed by atoms with Crippen LogP contribution in [0.2, 0.25) is 0 Å². The Hall–Kier alpha value is -3.14. The molecule has 27 heavy (non-hydrogen) atoms. The van der Waals surface area contributed by atoms with Gasteiger partial charge < -0.3 is 19.6 Å². The second-order valence-corrected chi connectivity index (χ2v) is 6.12. The number of alkyl carbamates (subject to hydrolysis) is 1. The first-order chi connectivity index (χ1) is 12.9. The zero-order valence-electron chi connectivity index (χ0n) is 14.5. The summed E-state index contributed by atoms with van der Waals surface area (Å²) in [5, 5.41) is 2.71. The van der Waals surface area contributed by atoms with Crippen LogP contribution < -0.4 is 5.32 Å². The minimum absolute atomic E-state index is 0.0401. The first-order valence-electron chi connectivity index (χ1n) is 8.30. The standard InChI is InChI=1S/C17H18N2O8/c1-10-7-13(26-15(10)21)16(22)27-19-14(20)12(9-25-19)18-17(23)24-8-11-5-3-2-4-6-11/h2-6,10,12-13H,7-9H2,1H3,(H,18,23)/t10?,12-,13?/m0/s1. The molecule has 10 nitrogen and oxygen atoms in total. The van der Waals surface area contributed by atoms with Crippen molar-refractivity contribution in [2.75, 3.05) is 6.61 Å². The van der Waals surface area contributed by atoms with Crippen molar-refractivity contribution in [2.45, 2.75) is 32.1 Å². The Morgan fingerprint density at radius 3 is 2.67 bits per heavy atom. The highest BCUT2D eigenvalue weighted by Crippen LogP contribution is 2.22. The van der Waals surface area contributed by atoms with Crippen molar-refractivity contribution in [1.82, 2.24) is 10.5 Å². The summed E-state index contributed by atoms with van der Waals surface area (Å²) in [7, 11) is 0. The van der Waals surface area contributed by atoms with Crippen molar-refractivity contribution in [3.63, 3.8) is 0 Å². The number of rotatable bonds is 5. The van der Waals surface area contributed by atoms with Gasteiger partial charge in [-0.05, 0) is 10.8 Å². The molecule has 0 radical (unpaired) electrons. The highest BCUT2D eigenvalue weighted by molar-refractivity contribution is 5.88. The molecule has 2 saturated heterocycles. The fourth-order valence-electron chi connectivity index (χ4n) is 2.49. The lowest BCUT2D eigenvalue weighted by Gasteiger charge is -2.15. The van der Waals surface area contributed by atoms with Gasteiger partial charge in [-0.25, -0.2) is 14.4 Å². The highest BCUT2D eigenvalue weighted by Gasteiger charge is 2.42. The van der Waals surface area contributed by atoms with E-state index in [1.807, 2.05) is 6.07 Å². The molecule has 3 rings (SSSR count). The molecule has 0 bridgehead atoms. The number of benzene rings is 1. The molecule has 1 N–H and O–H groups in total. The van der Waals surface area contributed by atoms with Crippen LogP contribution in [0.1, 0.15) is 18.9 Å². The zero-order chi connectivity index (χ0) is 19.4. The van der Waals surface area contributed by atoms with Gasteiger partial charge in [0.1, 0.15) is 19.3 Å². The SMILES string of the molecule is CC1CC(C(=O)ON2OC[C@H](NC(=O)OCc3ccccc3)C2=O)OC1=O. The Morgan fingerprint density at radius 1 is 1.26 bits per heavy atom. The number of nitrogens with zero attached hydrogens (tertiary/aromatic N) is 1. The van der Waals surface area contributed by atoms with E-state index in [-0.39, 0.29) is 19.6 Å². The van der Waals surface area contributed by atoms with Crippen LogP contribution in [0.4, 0.5) is 4.79 Å². The van der Waals surface area contributed by atoms with Crippen LogP contribution in [0.5, 0.6) is 0 Å². The number of carbonyl (C=O) groups is 4. The van der Waals surface area contributed by atoms with Gasteiger partial charge in [0, 0.05) is 6.42 Å². The van der Waals surface area contributed by atoms with E-state index in [0.29, 0.717) is 5.23 Å². The van der Waals surface area contributed by atoms with Crippen LogP contribution >= 0.6 is 0 Å². The summed E-state index contributed by atoms with van der Waals surface area (Å²) >= 11 is 0. The molecule has 144 valence electrons. The molecule has 2 unspecified atom stereocenters. The third-order valence-electron chi connectivity index (χ3n) is 4.01. The van der Waals surface area contributed by atoms with Crippen molar-refractivity contribution in [2.24, 2.45) is 5.92 Å². The van der Waals surface area contributed by atoms with E-state index >= 15 is 0 Å². The predicted octanol–water partition coefficient (Wildman–Crippen LogP) is 0.465. The highest BCUT2D eigenvalue weighted by atomic mass is 17.0. The summed E-state index contributed by atoms with van der Waals surface area (Å²) < 4.78 is 9.87. The summed E-state index contributed by atoms with van der Waals surface area (Å²) in [4.78, 5) is 57.0. The molecule has 1 aromatic rings. The van der Waals surface area contributed by atoms with Crippen LogP contribution in [0.15, 0.2) is 30.3 Å². The van der Waals surface area contributed by atoms with Crippen molar-refractivity contribution in [1.29, 1.82) is 0 Å². The number of amides is 2. The van der Waals surface area contributed by atoms with E-state index in [2.05, 4.69) is 5.32 Å². The second kappa shape index (κ2) is 8.04. The predicted molar refractivity (Wildman–Crippen MR) is 86.1 cm³/mol. The van der Waals surface area contributed by atoms with Crippen LogP contribution in [-0.2, 0) is 40.1 Å². The fraction of sp³-hybridized carbons (Fsp3) is 0.412. The van der Waals surface area contributed by atoms with Crippen molar-refractivity contribution >= 4 is 23.9 Å². The fourth-order valence-corrected chi connectivity index (χ4v) is 2.49. The molecule has 0 aliphatic carbocycles. The maximum atomic E-state index is 12.1. The molecule has 3 atom stereocenters. The number of hydrogen-bond donors (Lipinski definition) is 1. The van der Waals surface area contributed by atoms with E-state index in [1.165, 1.54) is 0 Å². The van der Waals surface area contributed by atoms with Gasteiger partial charge in [-0.2, -0.15) is 0 Å². The first kappa shape index (κ1) is 18.6. The molecule has 1 aromatic carbocycles. The first-order valence-corrected chi connectivity index (χ1v) is 8.30. The van der Waals surface area contributed by atoms with Gasteiger partial charge in [-0.3, -0.25) is 9.59 Å². The molecule has 0 saturated carbocycles. The van der Waals surface area contributed by atoms with E-state index < -0.39 is 42.0 Å². The maximum absolute atomic E-state index is 12.1. The minimum atomic E-state index is -1.09. The molecular formula is C17H18N2O8. The lowest BCUT2D eigenvalue weighted by atomic mass is 10.1. The Balaban J connectivity index is 1.44. The number of ether oxygens (including phenoxy) is 2. The average Bonchev–Trinajstić information content (AvgIpc) is 3.17. The normalized spacial score (nSPS) is 24.5. The Morgan fingerprint density at radius 2 is 2.00 bits per heavy atom. The molecule has 2 amide bonds. The topological polar surface area (TPSA) is 120 Å². The van der Waals surface area contributed by atoms with Crippen LogP contribution in [0.3, 0.4) is 0 Å². The van der Waals surface area contributed by atoms with Crippen molar-refractivity contribution in [3.8, 4) is 0 Å².